The Morgan fingerprint density at radius 2 is 1.33 bits per heavy atom. The zero-order chi connectivity index (χ0) is 79.3. The van der Waals surface area contributed by atoms with Crippen LogP contribution in [0.5, 0.6) is 5.75 Å². The monoisotopic (exact) mass is 1510 g/mol. The maximum Gasteiger partial charge on any atom is 0.419 e. The second-order valence-corrected chi connectivity index (χ2v) is 32.0. The highest BCUT2D eigenvalue weighted by molar-refractivity contribution is 5.98. The van der Waals surface area contributed by atoms with Gasteiger partial charge >= 0.3 is 6.18 Å². The number of nitrogens with one attached hydrogen (secondary N) is 3. The fourth-order valence-corrected chi connectivity index (χ4v) is 17.2. The van der Waals surface area contributed by atoms with Gasteiger partial charge in [-0.1, -0.05) is 109 Å². The van der Waals surface area contributed by atoms with Crippen molar-refractivity contribution in [1.82, 2.24) is 60.0 Å². The van der Waals surface area contributed by atoms with E-state index in [2.05, 4.69) is 29.8 Å². The van der Waals surface area contributed by atoms with Gasteiger partial charge in [-0.15, -0.1) is 0 Å². The van der Waals surface area contributed by atoms with Gasteiger partial charge in [-0.05, 0) is 138 Å². The van der Waals surface area contributed by atoms with Crippen molar-refractivity contribution in [2.75, 3.05) is 102 Å². The van der Waals surface area contributed by atoms with E-state index in [1.54, 1.807) is 33.9 Å². The molecule has 7 heterocycles. The van der Waals surface area contributed by atoms with Gasteiger partial charge in [0, 0.05) is 87.9 Å². The van der Waals surface area contributed by atoms with Crippen LogP contribution in [0.25, 0.3) is 0 Å². The lowest BCUT2D eigenvalue weighted by atomic mass is 9.59. The highest BCUT2D eigenvalue weighted by atomic mass is 19.4. The van der Waals surface area contributed by atoms with Crippen LogP contribution in [0.4, 0.5) is 13.2 Å². The quantitative estimate of drug-likeness (QED) is 0.205. The summed E-state index contributed by atoms with van der Waals surface area (Å²) >= 11 is 0. The molecule has 0 radical (unpaired) electrons. The molecule has 28 heteroatoms. The number of rotatable bonds is 11. The van der Waals surface area contributed by atoms with Gasteiger partial charge in [0.1, 0.15) is 48.0 Å². The van der Waals surface area contributed by atoms with Gasteiger partial charge in [0.25, 0.3) is 0 Å². The zero-order valence-corrected chi connectivity index (χ0v) is 66.1. The summed E-state index contributed by atoms with van der Waals surface area (Å²) < 4.78 is 54.1. The van der Waals surface area contributed by atoms with Crippen molar-refractivity contribution in [1.29, 1.82) is 0 Å². The molecule has 9 aliphatic rings. The first-order chi connectivity index (χ1) is 51.1. The maximum atomic E-state index is 15.8. The second kappa shape index (κ2) is 37.5. The Bertz CT molecular complexity index is 3560. The third-order valence-electron chi connectivity index (χ3n) is 23.4. The SMILES string of the molecule is CCO[C@@H]1C[C@H]2C(=O)NC3(CN(C)[C@@H](C4CCCC4)C(=O)N(C)[C@H](C(=O)N(C)CC)CC(=O)N(C)[C@H]4CCCCCCc5ccc(cc5)C[C@@H](C(=O)N(C)CC(=O)N[C@@H](CCc5ccc(C(F)(F)F)c(OC)c5)C(=O)N2C1)N1CC/C=C\C[C@@H](C1=O)N(C)C(=O)CN(C)C(=O)[C@H]([C@@H](C)CC)NC4=O)CC(C)(C)C3. The van der Waals surface area contributed by atoms with E-state index >= 15 is 33.6 Å². The van der Waals surface area contributed by atoms with Gasteiger partial charge < -0.3 is 64.6 Å². The van der Waals surface area contributed by atoms with E-state index in [0.717, 1.165) is 49.3 Å². The van der Waals surface area contributed by atoms with Crippen LogP contribution < -0.4 is 20.7 Å². The molecule has 108 heavy (non-hydrogen) atoms. The van der Waals surface area contributed by atoms with Gasteiger partial charge in [-0.25, -0.2) is 0 Å². The number of halogens is 3. The summed E-state index contributed by atoms with van der Waals surface area (Å²) in [4.78, 5) is 181. The smallest absolute Gasteiger partial charge is 0.419 e. The lowest BCUT2D eigenvalue weighted by Crippen LogP contribution is -2.69. The second-order valence-electron chi connectivity index (χ2n) is 32.0. The van der Waals surface area contributed by atoms with Gasteiger partial charge in [-0.2, -0.15) is 13.2 Å². The molecule has 6 bridgehead atoms. The van der Waals surface area contributed by atoms with Crippen LogP contribution in [0.3, 0.4) is 0 Å². The summed E-state index contributed by atoms with van der Waals surface area (Å²) in [7, 11) is 11.8. The molecule has 1 spiro atoms. The molecule has 2 saturated carbocycles. The summed E-state index contributed by atoms with van der Waals surface area (Å²) in [5.74, 6) is -7.86. The molecule has 3 N–H and O–H groups in total. The topological polar surface area (TPSA) is 271 Å². The minimum atomic E-state index is -4.76. The number of hydrogen-bond acceptors (Lipinski definition) is 14. The minimum Gasteiger partial charge on any atom is -0.496 e. The first kappa shape index (κ1) is 85.5. The Morgan fingerprint density at radius 3 is 1.97 bits per heavy atom. The van der Waals surface area contributed by atoms with Crippen molar-refractivity contribution in [3.8, 4) is 5.75 Å². The van der Waals surface area contributed by atoms with E-state index in [0.29, 0.717) is 68.9 Å². The van der Waals surface area contributed by atoms with Crippen molar-refractivity contribution in [3.63, 3.8) is 0 Å². The molecule has 2 aromatic rings. The Labute approximate surface area is 636 Å². The molecule has 2 aliphatic carbocycles. The van der Waals surface area contributed by atoms with Crippen molar-refractivity contribution in [2.45, 2.75) is 236 Å². The van der Waals surface area contributed by atoms with E-state index in [1.807, 2.05) is 49.2 Å². The normalized spacial score (nSPS) is 27.4. The van der Waals surface area contributed by atoms with Gasteiger partial charge in [0.05, 0.1) is 49.9 Å². The van der Waals surface area contributed by atoms with Crippen LogP contribution in [0.1, 0.15) is 173 Å². The number of carbonyl (C=O) groups is 11. The van der Waals surface area contributed by atoms with E-state index in [9.17, 15) is 32.3 Å². The molecule has 25 nitrogen and oxygen atoms in total. The van der Waals surface area contributed by atoms with Crippen LogP contribution in [-0.2, 0) is 82.9 Å². The van der Waals surface area contributed by atoms with Crippen LogP contribution in [0.15, 0.2) is 54.6 Å². The van der Waals surface area contributed by atoms with Crippen LogP contribution >= 0.6 is 0 Å². The standard InChI is InChI=1S/C80H119F3N12O13/c1-15-51(4)68-76(105)89(9)47-67(98)92(12)60-31-23-20-26-40-94(75(60)104)63-41-53-34-32-52(33-35-53)27-21-18-19-22-30-59(70(99)85-68)91(11)66(97)44-62(73(102)87(7)16-2)93(13)77(106)69(55-28-24-25-29-55)90(10)50-79(48-78(5,6)49-79)86-71(100)61-43-56(108-17-3)45-95(61)72(101)58(84-65(96)46-88(8)74(63)103)39-37-54-36-38-57(80(81,82)83)64(42-54)107-14/h20,23,32-36,38,42,51,55-56,58-63,68-69H,15-19,21-22,24-31,37,39-41,43-50H2,1-14H3,(H,84,96)(H,85,99)(H,86,100)/b23-20-/t51-,56+,58-,59-,60-,61-,62-,63-,68-,69-/m0/s1. The summed E-state index contributed by atoms with van der Waals surface area (Å²) in [6.07, 6.45) is 5.50. The van der Waals surface area contributed by atoms with Gasteiger partial charge in [-0.3, -0.25) is 57.6 Å². The van der Waals surface area contributed by atoms with Crippen LogP contribution in [0, 0.1) is 17.3 Å². The first-order valence-electron chi connectivity index (χ1n) is 38.9. The van der Waals surface area contributed by atoms with Crippen LogP contribution in [0.2, 0.25) is 0 Å². The first-order valence-corrected chi connectivity index (χ1v) is 38.9. The van der Waals surface area contributed by atoms with Crippen molar-refractivity contribution >= 4 is 65.0 Å². The molecule has 2 saturated heterocycles. The number of ether oxygens (including phenoxy) is 2. The number of hydrogen-bond donors (Lipinski definition) is 3. The zero-order valence-electron chi connectivity index (χ0n) is 66.1. The molecule has 4 fully saturated rings. The predicted molar refractivity (Wildman–Crippen MR) is 401 cm³/mol. The maximum absolute atomic E-state index is 15.8. The van der Waals surface area contributed by atoms with Gasteiger partial charge in [0.2, 0.25) is 65.0 Å². The summed E-state index contributed by atoms with van der Waals surface area (Å²) in [6.45, 7) is 10.7. The molecule has 0 aromatic heterocycles. The Balaban J connectivity index is 1.27. The summed E-state index contributed by atoms with van der Waals surface area (Å²) in [5, 5.41) is 9.23. The number of carbonyl (C=O) groups excluding carboxylic acids is 11. The highest BCUT2D eigenvalue weighted by Crippen LogP contribution is 2.49. The Kier molecular flexibility index (Phi) is 29.7. The van der Waals surface area contributed by atoms with Gasteiger partial charge in [0.15, 0.2) is 0 Å². The van der Waals surface area contributed by atoms with E-state index in [1.165, 1.54) is 81.7 Å². The molecule has 10 atom stereocenters. The average molecular weight is 1510 g/mol. The Morgan fingerprint density at radius 1 is 0.685 bits per heavy atom. The number of amides is 11. The Hall–Kier alpha value is -8.14. The van der Waals surface area contributed by atoms with E-state index < -0.39 is 168 Å². The summed E-state index contributed by atoms with van der Waals surface area (Å²) in [6, 6.07) is 1.31. The molecule has 2 aromatic carbocycles. The number of aryl methyl sites for hydroxylation is 2. The van der Waals surface area contributed by atoms with E-state index in [4.69, 9.17) is 9.47 Å². The number of nitrogens with zero attached hydrogens (tertiary/aromatic N) is 9. The molecule has 0 unspecified atom stereocenters. The number of alkyl halides is 3. The van der Waals surface area contributed by atoms with Crippen LogP contribution in [-0.4, -0.2) is 271 Å². The number of benzene rings is 2. The third kappa shape index (κ3) is 21.0. The van der Waals surface area contributed by atoms with E-state index in [-0.39, 0.29) is 82.6 Å². The largest absolute Gasteiger partial charge is 0.496 e. The molecular weight excluding hydrogens is 1390 g/mol. The molecule has 11 amide bonds. The lowest BCUT2D eigenvalue weighted by molar-refractivity contribution is -0.153. The number of methoxy groups -OCH3 is 1. The molecular formula is C80H119F3N12O13. The van der Waals surface area contributed by atoms with Crippen molar-refractivity contribution < 1.29 is 75.4 Å². The molecule has 598 valence electrons. The predicted octanol–water partition coefficient (Wildman–Crippen LogP) is 6.41. The minimum absolute atomic E-state index is 0.0136. The highest BCUT2D eigenvalue weighted by Gasteiger charge is 2.55. The van der Waals surface area contributed by atoms with Crippen molar-refractivity contribution in [3.05, 3.63) is 76.9 Å². The fraction of sp³-hybridized carbons (Fsp3) is 0.688. The lowest BCUT2D eigenvalue weighted by Gasteiger charge is -2.56. The summed E-state index contributed by atoms with van der Waals surface area (Å²) in [5.41, 5.74) is -0.338. The fourth-order valence-electron chi connectivity index (χ4n) is 17.2. The number of likely N-dealkylation sites (N-methyl/N-ethyl adjacent to an activating group) is 7. The molecule has 11 rings (SSSR count). The molecule has 7 aliphatic heterocycles. The third-order valence-corrected chi connectivity index (χ3v) is 23.4. The average Bonchev–Trinajstić information content (AvgIpc) is 1.09. The van der Waals surface area contributed by atoms with Crippen molar-refractivity contribution in [2.24, 2.45) is 17.3 Å².